The van der Waals surface area contributed by atoms with E-state index in [-0.39, 0.29) is 5.91 Å². The lowest BCUT2D eigenvalue weighted by molar-refractivity contribution is 0.0659. The molecule has 2 N–H and O–H groups in total. The normalized spacial score (nSPS) is 15.4. The second-order valence-electron chi connectivity index (χ2n) is 4.71. The van der Waals surface area contributed by atoms with Gasteiger partial charge < -0.3 is 15.4 Å². The van der Waals surface area contributed by atoms with E-state index in [1.807, 2.05) is 6.07 Å². The molecule has 0 aliphatic heterocycles. The summed E-state index contributed by atoms with van der Waals surface area (Å²) in [6.45, 7) is 1.44. The Morgan fingerprint density at radius 2 is 2.26 bits per heavy atom. The number of pyridine rings is 1. The lowest BCUT2D eigenvalue weighted by atomic mass is 10.3. The first kappa shape index (κ1) is 13.8. The van der Waals surface area contributed by atoms with Gasteiger partial charge in [-0.05, 0) is 25.0 Å². The Bertz CT molecular complexity index is 417. The van der Waals surface area contributed by atoms with Gasteiger partial charge in [-0.3, -0.25) is 9.78 Å². The predicted octanol–water partition coefficient (Wildman–Crippen LogP) is 1.81. The van der Waals surface area contributed by atoms with Crippen LogP contribution in [0.4, 0.5) is 5.69 Å². The number of amides is 1. The van der Waals surface area contributed by atoms with E-state index in [2.05, 4.69) is 15.6 Å². The molecule has 2 rings (SSSR count). The fourth-order valence-electron chi connectivity index (χ4n) is 2.27. The first-order valence-corrected chi connectivity index (χ1v) is 6.83. The van der Waals surface area contributed by atoms with Crippen LogP contribution < -0.4 is 10.6 Å². The fraction of sp³-hybridized carbons (Fsp3) is 0.571. The van der Waals surface area contributed by atoms with Crippen molar-refractivity contribution in [2.75, 3.05) is 25.5 Å². The van der Waals surface area contributed by atoms with E-state index in [9.17, 15) is 4.79 Å². The van der Waals surface area contributed by atoms with Crippen molar-refractivity contribution in [3.63, 3.8) is 0 Å². The highest BCUT2D eigenvalue weighted by Crippen LogP contribution is 2.20. The third-order valence-corrected chi connectivity index (χ3v) is 3.31. The molecule has 104 valence electrons. The zero-order valence-corrected chi connectivity index (χ0v) is 11.3. The van der Waals surface area contributed by atoms with Gasteiger partial charge >= 0.3 is 0 Å². The van der Waals surface area contributed by atoms with Gasteiger partial charge in [-0.25, -0.2) is 0 Å². The van der Waals surface area contributed by atoms with Crippen LogP contribution in [-0.4, -0.2) is 37.2 Å². The second-order valence-corrected chi connectivity index (χ2v) is 4.71. The van der Waals surface area contributed by atoms with Crippen LogP contribution in [0.1, 0.15) is 36.2 Å². The molecule has 1 aromatic heterocycles. The maximum Gasteiger partial charge on any atom is 0.269 e. The summed E-state index contributed by atoms with van der Waals surface area (Å²) in [5, 5.41) is 5.80. The van der Waals surface area contributed by atoms with Gasteiger partial charge in [0.25, 0.3) is 5.91 Å². The standard InChI is InChI=1S/C14H21N3O2/c1-15-14(18)13-10-11(6-7-17-13)16-8-9-19-12-4-2-3-5-12/h6-7,10,12H,2-5,8-9H2,1H3,(H,15,18)(H,16,17). The molecule has 1 aliphatic carbocycles. The van der Waals surface area contributed by atoms with Gasteiger partial charge in [-0.1, -0.05) is 12.8 Å². The molecule has 0 atom stereocenters. The highest BCUT2D eigenvalue weighted by molar-refractivity contribution is 5.92. The first-order valence-electron chi connectivity index (χ1n) is 6.83. The number of aromatic nitrogens is 1. The molecule has 0 radical (unpaired) electrons. The Morgan fingerprint density at radius 3 is 3.00 bits per heavy atom. The van der Waals surface area contributed by atoms with E-state index in [1.165, 1.54) is 25.7 Å². The number of ether oxygens (including phenoxy) is 1. The monoisotopic (exact) mass is 263 g/mol. The Labute approximate surface area is 113 Å². The third kappa shape index (κ3) is 4.21. The van der Waals surface area contributed by atoms with Crippen LogP contribution in [0.25, 0.3) is 0 Å². The van der Waals surface area contributed by atoms with Crippen LogP contribution in [0.2, 0.25) is 0 Å². The molecule has 1 saturated carbocycles. The first-order chi connectivity index (χ1) is 9.29. The highest BCUT2D eigenvalue weighted by atomic mass is 16.5. The number of carbonyl (C=O) groups excluding carboxylic acids is 1. The van der Waals surface area contributed by atoms with Crippen LogP contribution in [0.15, 0.2) is 18.3 Å². The lowest BCUT2D eigenvalue weighted by Crippen LogP contribution is -2.19. The third-order valence-electron chi connectivity index (χ3n) is 3.31. The number of carbonyl (C=O) groups is 1. The minimum Gasteiger partial charge on any atom is -0.383 e. The molecule has 19 heavy (non-hydrogen) atoms. The average Bonchev–Trinajstić information content (AvgIpc) is 2.96. The van der Waals surface area contributed by atoms with Crippen molar-refractivity contribution in [1.82, 2.24) is 10.3 Å². The van der Waals surface area contributed by atoms with Crippen molar-refractivity contribution in [2.24, 2.45) is 0 Å². The molecule has 1 aliphatic rings. The Morgan fingerprint density at radius 1 is 1.47 bits per heavy atom. The molecular weight excluding hydrogens is 242 g/mol. The fourth-order valence-corrected chi connectivity index (χ4v) is 2.27. The number of nitrogens with one attached hydrogen (secondary N) is 2. The van der Waals surface area contributed by atoms with E-state index in [0.717, 1.165) is 12.2 Å². The largest absolute Gasteiger partial charge is 0.383 e. The van der Waals surface area contributed by atoms with Crippen molar-refractivity contribution in [2.45, 2.75) is 31.8 Å². The minimum atomic E-state index is -0.175. The van der Waals surface area contributed by atoms with E-state index in [4.69, 9.17) is 4.74 Å². The minimum absolute atomic E-state index is 0.175. The van der Waals surface area contributed by atoms with Gasteiger partial charge in [0.1, 0.15) is 5.69 Å². The van der Waals surface area contributed by atoms with Crippen LogP contribution in [-0.2, 0) is 4.74 Å². The van der Waals surface area contributed by atoms with Gasteiger partial charge in [0.15, 0.2) is 0 Å². The van der Waals surface area contributed by atoms with E-state index in [1.54, 1.807) is 19.3 Å². The summed E-state index contributed by atoms with van der Waals surface area (Å²) in [6, 6.07) is 3.59. The Hall–Kier alpha value is -1.62. The summed E-state index contributed by atoms with van der Waals surface area (Å²) < 4.78 is 5.77. The number of hydrogen-bond acceptors (Lipinski definition) is 4. The summed E-state index contributed by atoms with van der Waals surface area (Å²) in [5.74, 6) is -0.175. The average molecular weight is 263 g/mol. The predicted molar refractivity (Wildman–Crippen MR) is 74.3 cm³/mol. The topological polar surface area (TPSA) is 63.2 Å². The van der Waals surface area contributed by atoms with Crippen molar-refractivity contribution in [3.05, 3.63) is 24.0 Å². The van der Waals surface area contributed by atoms with E-state index < -0.39 is 0 Å². The summed E-state index contributed by atoms with van der Waals surface area (Å²) in [6.07, 6.45) is 7.04. The smallest absolute Gasteiger partial charge is 0.269 e. The van der Waals surface area contributed by atoms with Crippen LogP contribution in [0, 0.1) is 0 Å². The number of anilines is 1. The van der Waals surface area contributed by atoms with E-state index in [0.29, 0.717) is 18.4 Å². The van der Waals surface area contributed by atoms with Crippen LogP contribution in [0.5, 0.6) is 0 Å². The second kappa shape index (κ2) is 7.09. The van der Waals surface area contributed by atoms with Crippen LogP contribution in [0.3, 0.4) is 0 Å². The summed E-state index contributed by atoms with van der Waals surface area (Å²) in [7, 11) is 1.60. The van der Waals surface area contributed by atoms with Crippen molar-refractivity contribution < 1.29 is 9.53 Å². The molecular formula is C14H21N3O2. The molecule has 5 nitrogen and oxygen atoms in total. The SMILES string of the molecule is CNC(=O)c1cc(NCCOC2CCCC2)ccn1. The van der Waals surface area contributed by atoms with Crippen molar-refractivity contribution in [3.8, 4) is 0 Å². The molecule has 0 saturated heterocycles. The quantitative estimate of drug-likeness (QED) is 0.768. The summed E-state index contributed by atoms with van der Waals surface area (Å²) in [5.41, 5.74) is 1.31. The van der Waals surface area contributed by atoms with Crippen LogP contribution >= 0.6 is 0 Å². The maximum atomic E-state index is 11.4. The van der Waals surface area contributed by atoms with Gasteiger partial charge in [0, 0.05) is 25.5 Å². The molecule has 1 fully saturated rings. The van der Waals surface area contributed by atoms with Crippen molar-refractivity contribution in [1.29, 1.82) is 0 Å². The van der Waals surface area contributed by atoms with Gasteiger partial charge in [0.05, 0.1) is 12.7 Å². The number of rotatable bonds is 6. The zero-order chi connectivity index (χ0) is 13.5. The summed E-state index contributed by atoms with van der Waals surface area (Å²) in [4.78, 5) is 15.5. The molecule has 0 unspecified atom stereocenters. The molecule has 5 heteroatoms. The van der Waals surface area contributed by atoms with E-state index >= 15 is 0 Å². The zero-order valence-electron chi connectivity index (χ0n) is 11.3. The molecule has 1 amide bonds. The number of nitrogens with zero attached hydrogens (tertiary/aromatic N) is 1. The molecule has 1 aromatic rings. The Kier molecular flexibility index (Phi) is 5.15. The van der Waals surface area contributed by atoms with Gasteiger partial charge in [0.2, 0.25) is 0 Å². The molecule has 1 heterocycles. The molecule has 0 bridgehead atoms. The summed E-state index contributed by atoms with van der Waals surface area (Å²) >= 11 is 0. The van der Waals surface area contributed by atoms with Gasteiger partial charge in [-0.15, -0.1) is 0 Å². The highest BCUT2D eigenvalue weighted by Gasteiger charge is 2.14. The van der Waals surface area contributed by atoms with Crippen molar-refractivity contribution >= 4 is 11.6 Å². The maximum absolute atomic E-state index is 11.4. The molecule has 0 aromatic carbocycles. The molecule has 0 spiro atoms. The lowest BCUT2D eigenvalue weighted by Gasteiger charge is -2.12. The number of hydrogen-bond donors (Lipinski definition) is 2. The van der Waals surface area contributed by atoms with Gasteiger partial charge in [-0.2, -0.15) is 0 Å². The Balaban J connectivity index is 1.74.